The summed E-state index contributed by atoms with van der Waals surface area (Å²) in [6, 6.07) is 3.34. The number of hydrogen-bond donors (Lipinski definition) is 0. The molecule has 0 aliphatic carbocycles. The van der Waals surface area contributed by atoms with Crippen molar-refractivity contribution in [1.82, 2.24) is 4.31 Å². The minimum atomic E-state index is -4.24. The molecule has 7 nitrogen and oxygen atoms in total. The number of rotatable bonds is 6. The Morgan fingerprint density at radius 2 is 1.48 bits per heavy atom. The molecule has 0 aliphatic heterocycles. The number of hydrogen-bond acceptors (Lipinski definition) is 6. The Balaban J connectivity index is 3.15. The maximum absolute atomic E-state index is 12.8. The summed E-state index contributed by atoms with van der Waals surface area (Å²) in [5.74, 6) is -0.706. The minimum Gasteiger partial charge on any atom is -0.409 e. The molecule has 152 valence electrons. The number of ketones is 1. The van der Waals surface area contributed by atoms with E-state index in [0.29, 0.717) is 4.31 Å². The van der Waals surface area contributed by atoms with Gasteiger partial charge in [0.15, 0.2) is 5.78 Å². The first-order chi connectivity index (χ1) is 12.1. The molecule has 0 saturated carbocycles. The molecule has 0 aromatic heterocycles. The number of aryl methyl sites for hydroxylation is 2. The van der Waals surface area contributed by atoms with Crippen LogP contribution < -0.4 is 9.64 Å². The normalized spacial score (nSPS) is 12.1. The van der Waals surface area contributed by atoms with E-state index in [-0.39, 0.29) is 5.75 Å². The third-order valence-electron chi connectivity index (χ3n) is 4.50. The van der Waals surface area contributed by atoms with Crippen molar-refractivity contribution in [3.05, 3.63) is 23.3 Å². The van der Waals surface area contributed by atoms with Gasteiger partial charge in [-0.05, 0) is 51.0 Å². The lowest BCUT2D eigenvalue weighted by atomic mass is 9.98. The molecular weight excluding hydrogens is 368 g/mol. The van der Waals surface area contributed by atoms with Crippen LogP contribution in [0.2, 0.25) is 0 Å². The van der Waals surface area contributed by atoms with Crippen molar-refractivity contribution >= 4 is 27.6 Å². The van der Waals surface area contributed by atoms with E-state index in [9.17, 15) is 18.0 Å². The quantitative estimate of drug-likeness (QED) is 0.732. The first kappa shape index (κ1) is 23.0. The molecule has 1 rings (SSSR count). The number of ether oxygens (including phenoxy) is 1. The van der Waals surface area contributed by atoms with Gasteiger partial charge in [-0.1, -0.05) is 13.8 Å². The highest BCUT2D eigenvalue weighted by atomic mass is 32.2. The Kier molecular flexibility index (Phi) is 6.70. The summed E-state index contributed by atoms with van der Waals surface area (Å²) in [4.78, 5) is 26.7. The van der Waals surface area contributed by atoms with Gasteiger partial charge in [0.05, 0.1) is 0 Å². The first-order valence-corrected chi connectivity index (χ1v) is 10.1. The van der Waals surface area contributed by atoms with Crippen LogP contribution in [0.3, 0.4) is 0 Å². The van der Waals surface area contributed by atoms with E-state index in [4.69, 9.17) is 4.74 Å². The molecule has 8 heteroatoms. The van der Waals surface area contributed by atoms with Crippen LogP contribution in [0.4, 0.5) is 10.5 Å². The summed E-state index contributed by atoms with van der Waals surface area (Å²) in [6.45, 7) is 9.60. The molecule has 0 saturated heterocycles. The topological polar surface area (TPSA) is 84.0 Å². The molecule has 0 bridgehead atoms. The maximum atomic E-state index is 12.8. The SMILES string of the molecule is Cc1cc(OC(=O)N(C)S(=O)(=O)C(C)(C)C(=O)C(C)C)cc(C)c1N(C)C. The van der Waals surface area contributed by atoms with E-state index in [1.165, 1.54) is 13.8 Å². The molecule has 0 aliphatic rings. The largest absolute Gasteiger partial charge is 0.428 e. The maximum Gasteiger partial charge on any atom is 0.428 e. The monoisotopic (exact) mass is 398 g/mol. The summed E-state index contributed by atoms with van der Waals surface area (Å²) in [5, 5.41) is 0. The van der Waals surface area contributed by atoms with Crippen LogP contribution in [0, 0.1) is 19.8 Å². The number of anilines is 1. The summed E-state index contributed by atoms with van der Waals surface area (Å²) >= 11 is 0. The molecule has 27 heavy (non-hydrogen) atoms. The van der Waals surface area contributed by atoms with Crippen molar-refractivity contribution < 1.29 is 22.7 Å². The van der Waals surface area contributed by atoms with Gasteiger partial charge < -0.3 is 9.64 Å². The number of carbonyl (C=O) groups excluding carboxylic acids is 2. The molecule has 0 spiro atoms. The standard InChI is InChI=1S/C19H30N2O5S/c1-12(2)17(22)19(5,6)27(24,25)21(9)18(23)26-15-10-13(3)16(20(7)8)14(4)11-15/h10-12H,1-9H3. The van der Waals surface area contributed by atoms with Crippen LogP contribution >= 0.6 is 0 Å². The van der Waals surface area contributed by atoms with Gasteiger partial charge in [0.25, 0.3) is 10.0 Å². The lowest BCUT2D eigenvalue weighted by molar-refractivity contribution is -0.123. The van der Waals surface area contributed by atoms with Crippen molar-refractivity contribution in [2.24, 2.45) is 5.92 Å². The molecule has 0 atom stereocenters. The van der Waals surface area contributed by atoms with Gasteiger partial charge in [-0.25, -0.2) is 17.5 Å². The number of nitrogens with zero attached hydrogens (tertiary/aromatic N) is 2. The van der Waals surface area contributed by atoms with E-state index in [1.54, 1.807) is 26.0 Å². The van der Waals surface area contributed by atoms with Crippen molar-refractivity contribution in [3.8, 4) is 5.75 Å². The Hall–Kier alpha value is -2.09. The van der Waals surface area contributed by atoms with Gasteiger partial charge in [-0.2, -0.15) is 0 Å². The van der Waals surface area contributed by atoms with Crippen LogP contribution in [0.1, 0.15) is 38.8 Å². The molecule has 1 aromatic rings. The van der Waals surface area contributed by atoms with Gasteiger partial charge >= 0.3 is 6.09 Å². The van der Waals surface area contributed by atoms with Gasteiger partial charge in [0, 0.05) is 32.7 Å². The number of carbonyl (C=O) groups is 2. The second-order valence-corrected chi connectivity index (χ2v) is 10.2. The lowest BCUT2D eigenvalue weighted by Crippen LogP contribution is -2.52. The summed E-state index contributed by atoms with van der Waals surface area (Å²) in [7, 11) is 0.679. The van der Waals surface area contributed by atoms with Crippen LogP contribution in [0.25, 0.3) is 0 Å². The smallest absolute Gasteiger partial charge is 0.409 e. The fraction of sp³-hybridized carbons (Fsp3) is 0.579. The number of benzene rings is 1. The summed E-state index contributed by atoms with van der Waals surface area (Å²) in [5.41, 5.74) is 2.78. The molecule has 0 N–H and O–H groups in total. The molecule has 1 amide bonds. The molecule has 1 aromatic carbocycles. The highest BCUT2D eigenvalue weighted by molar-refractivity contribution is 7.91. The van der Waals surface area contributed by atoms with Crippen molar-refractivity contribution in [1.29, 1.82) is 0 Å². The molecule has 0 unspecified atom stereocenters. The zero-order valence-corrected chi connectivity index (χ0v) is 18.4. The van der Waals surface area contributed by atoms with E-state index < -0.39 is 32.6 Å². The minimum absolute atomic E-state index is 0.246. The van der Waals surface area contributed by atoms with E-state index >= 15 is 0 Å². The Labute approximate surface area is 162 Å². The number of amides is 1. The zero-order valence-electron chi connectivity index (χ0n) is 17.6. The Morgan fingerprint density at radius 1 is 1.04 bits per heavy atom. The molecule has 0 heterocycles. The number of sulfonamides is 1. The third-order valence-corrected chi connectivity index (χ3v) is 6.86. The Bertz CT molecular complexity index is 819. The predicted octanol–water partition coefficient (Wildman–Crippen LogP) is 3.13. The van der Waals surface area contributed by atoms with Crippen LogP contribution in [-0.2, 0) is 14.8 Å². The molecule has 0 fully saturated rings. The number of Topliss-reactive ketones (excluding diaryl/α,β-unsaturated/α-hetero) is 1. The summed E-state index contributed by atoms with van der Waals surface area (Å²) in [6.07, 6.45) is -1.06. The fourth-order valence-corrected chi connectivity index (χ4v) is 4.52. The molecular formula is C19H30N2O5S. The molecule has 0 radical (unpaired) electrons. The second kappa shape index (κ2) is 7.88. The van der Waals surface area contributed by atoms with Gasteiger partial charge in [-0.3, -0.25) is 4.79 Å². The van der Waals surface area contributed by atoms with Gasteiger partial charge in [0.2, 0.25) is 0 Å². The average Bonchev–Trinajstić information content (AvgIpc) is 2.51. The first-order valence-electron chi connectivity index (χ1n) is 8.67. The van der Waals surface area contributed by atoms with Crippen LogP contribution in [0.5, 0.6) is 5.75 Å². The van der Waals surface area contributed by atoms with E-state index in [1.807, 2.05) is 32.8 Å². The van der Waals surface area contributed by atoms with Crippen molar-refractivity contribution in [2.45, 2.75) is 46.3 Å². The third kappa shape index (κ3) is 4.43. The Morgan fingerprint density at radius 3 is 1.85 bits per heavy atom. The highest BCUT2D eigenvalue weighted by Gasteiger charge is 2.47. The van der Waals surface area contributed by atoms with Gasteiger partial charge in [0.1, 0.15) is 10.5 Å². The summed E-state index contributed by atoms with van der Waals surface area (Å²) < 4.78 is 29.6. The highest BCUT2D eigenvalue weighted by Crippen LogP contribution is 2.29. The fourth-order valence-electron chi connectivity index (χ4n) is 3.11. The van der Waals surface area contributed by atoms with Gasteiger partial charge in [-0.15, -0.1) is 0 Å². The van der Waals surface area contributed by atoms with E-state index in [2.05, 4.69) is 0 Å². The zero-order chi connectivity index (χ0) is 21.3. The predicted molar refractivity (Wildman–Crippen MR) is 107 cm³/mol. The van der Waals surface area contributed by atoms with E-state index in [0.717, 1.165) is 23.9 Å². The van der Waals surface area contributed by atoms with Crippen molar-refractivity contribution in [2.75, 3.05) is 26.0 Å². The average molecular weight is 399 g/mol. The lowest BCUT2D eigenvalue weighted by Gasteiger charge is -2.29. The second-order valence-electron chi connectivity index (χ2n) is 7.67. The van der Waals surface area contributed by atoms with Crippen molar-refractivity contribution in [3.63, 3.8) is 0 Å². The van der Waals surface area contributed by atoms with Crippen LogP contribution in [0.15, 0.2) is 12.1 Å². The van der Waals surface area contributed by atoms with Crippen LogP contribution in [-0.4, -0.2) is 50.5 Å².